The van der Waals surface area contributed by atoms with Gasteiger partial charge in [0, 0.05) is 12.4 Å². The standard InChI is InChI=1S/C11H17F2N3/c12-11(13)16-7-6-15-10(16)8-14-5-4-9-2-1-3-9/h6-7,9,11,14H,1-5,8H2. The number of rotatable bonds is 6. The summed E-state index contributed by atoms with van der Waals surface area (Å²) >= 11 is 0. The summed E-state index contributed by atoms with van der Waals surface area (Å²) in [5.41, 5.74) is 0. The summed E-state index contributed by atoms with van der Waals surface area (Å²) in [5, 5.41) is 3.17. The number of alkyl halides is 2. The van der Waals surface area contributed by atoms with Crippen molar-refractivity contribution in [2.24, 2.45) is 5.92 Å². The van der Waals surface area contributed by atoms with E-state index in [0.717, 1.165) is 23.5 Å². The van der Waals surface area contributed by atoms with Crippen LogP contribution in [0.15, 0.2) is 12.4 Å². The zero-order valence-electron chi connectivity index (χ0n) is 9.20. The largest absolute Gasteiger partial charge is 0.319 e. The smallest absolute Gasteiger partial charge is 0.310 e. The highest BCUT2D eigenvalue weighted by Gasteiger charge is 2.16. The van der Waals surface area contributed by atoms with Crippen LogP contribution in [0.5, 0.6) is 0 Å². The van der Waals surface area contributed by atoms with E-state index in [0.29, 0.717) is 12.4 Å². The quantitative estimate of drug-likeness (QED) is 0.760. The maximum Gasteiger partial charge on any atom is 0.319 e. The summed E-state index contributed by atoms with van der Waals surface area (Å²) in [5.74, 6) is 1.26. The van der Waals surface area contributed by atoms with E-state index in [1.807, 2.05) is 0 Å². The molecule has 0 radical (unpaired) electrons. The summed E-state index contributed by atoms with van der Waals surface area (Å²) in [6, 6.07) is 0. The molecule has 1 aromatic rings. The first-order valence-electron chi connectivity index (χ1n) is 5.78. The van der Waals surface area contributed by atoms with E-state index in [1.165, 1.54) is 31.7 Å². The van der Waals surface area contributed by atoms with Crippen LogP contribution < -0.4 is 5.32 Å². The van der Waals surface area contributed by atoms with Crippen LogP contribution in [0.25, 0.3) is 0 Å². The summed E-state index contributed by atoms with van der Waals surface area (Å²) in [7, 11) is 0. The highest BCUT2D eigenvalue weighted by atomic mass is 19.3. The van der Waals surface area contributed by atoms with Gasteiger partial charge in [0.25, 0.3) is 0 Å². The van der Waals surface area contributed by atoms with Gasteiger partial charge in [-0.2, -0.15) is 8.78 Å². The molecule has 0 atom stereocenters. The summed E-state index contributed by atoms with van der Waals surface area (Å²) in [6.45, 7) is -1.18. The number of nitrogens with one attached hydrogen (secondary N) is 1. The second-order valence-corrected chi connectivity index (χ2v) is 4.29. The lowest BCUT2D eigenvalue weighted by Gasteiger charge is -2.25. The zero-order valence-corrected chi connectivity index (χ0v) is 9.20. The Morgan fingerprint density at radius 1 is 1.50 bits per heavy atom. The first-order chi connectivity index (χ1) is 7.77. The normalized spacial score (nSPS) is 16.7. The monoisotopic (exact) mass is 229 g/mol. The van der Waals surface area contributed by atoms with E-state index < -0.39 is 6.55 Å². The van der Waals surface area contributed by atoms with Crippen LogP contribution in [0.1, 0.15) is 38.1 Å². The molecule has 5 heteroatoms. The van der Waals surface area contributed by atoms with Crippen molar-refractivity contribution >= 4 is 0 Å². The van der Waals surface area contributed by atoms with Crippen molar-refractivity contribution in [3.05, 3.63) is 18.2 Å². The minimum Gasteiger partial charge on any atom is -0.310 e. The average Bonchev–Trinajstić information content (AvgIpc) is 2.62. The Bertz CT molecular complexity index is 321. The van der Waals surface area contributed by atoms with E-state index in [-0.39, 0.29) is 0 Å². The minimum atomic E-state index is -2.49. The topological polar surface area (TPSA) is 29.9 Å². The van der Waals surface area contributed by atoms with Gasteiger partial charge in [-0.25, -0.2) is 4.98 Å². The van der Waals surface area contributed by atoms with Crippen LogP contribution in [-0.2, 0) is 6.54 Å². The van der Waals surface area contributed by atoms with E-state index >= 15 is 0 Å². The Hall–Kier alpha value is -0.970. The van der Waals surface area contributed by atoms with Gasteiger partial charge in [0.15, 0.2) is 0 Å². The molecule has 1 aliphatic carbocycles. The first-order valence-corrected chi connectivity index (χ1v) is 5.78. The fourth-order valence-electron chi connectivity index (χ4n) is 1.95. The highest BCUT2D eigenvalue weighted by Crippen LogP contribution is 2.28. The van der Waals surface area contributed by atoms with Crippen molar-refractivity contribution in [2.75, 3.05) is 6.54 Å². The van der Waals surface area contributed by atoms with Gasteiger partial charge in [0.2, 0.25) is 0 Å². The molecule has 0 spiro atoms. The van der Waals surface area contributed by atoms with Gasteiger partial charge in [0.1, 0.15) is 5.82 Å². The van der Waals surface area contributed by atoms with Crippen LogP contribution >= 0.6 is 0 Å². The van der Waals surface area contributed by atoms with Gasteiger partial charge in [-0.15, -0.1) is 0 Å². The molecule has 0 bridgehead atoms. The van der Waals surface area contributed by atoms with Crippen LogP contribution in [-0.4, -0.2) is 16.1 Å². The van der Waals surface area contributed by atoms with Gasteiger partial charge in [-0.1, -0.05) is 19.3 Å². The molecule has 1 aliphatic rings. The number of aromatic nitrogens is 2. The summed E-state index contributed by atoms with van der Waals surface area (Å²) in [4.78, 5) is 3.91. The van der Waals surface area contributed by atoms with Gasteiger partial charge < -0.3 is 5.32 Å². The minimum absolute atomic E-state index is 0.406. The van der Waals surface area contributed by atoms with Crippen molar-refractivity contribution in [1.82, 2.24) is 14.9 Å². The predicted molar refractivity (Wildman–Crippen MR) is 57.1 cm³/mol. The molecular weight excluding hydrogens is 212 g/mol. The Kier molecular flexibility index (Phi) is 3.88. The lowest BCUT2D eigenvalue weighted by molar-refractivity contribution is 0.0666. The number of nitrogens with zero attached hydrogens (tertiary/aromatic N) is 2. The maximum absolute atomic E-state index is 12.5. The molecule has 1 fully saturated rings. The van der Waals surface area contributed by atoms with Gasteiger partial charge >= 0.3 is 6.55 Å². The SMILES string of the molecule is FC(F)n1ccnc1CNCCC1CCC1. The van der Waals surface area contributed by atoms with Crippen LogP contribution in [0.4, 0.5) is 8.78 Å². The molecule has 0 aromatic carbocycles. The van der Waals surface area contributed by atoms with Crippen LogP contribution in [0, 0.1) is 5.92 Å². The molecule has 1 aromatic heterocycles. The van der Waals surface area contributed by atoms with Gasteiger partial charge in [-0.05, 0) is 18.9 Å². The maximum atomic E-state index is 12.5. The number of hydrogen-bond donors (Lipinski definition) is 1. The van der Waals surface area contributed by atoms with Crippen molar-refractivity contribution in [3.8, 4) is 0 Å². The Balaban J connectivity index is 1.69. The third-order valence-electron chi connectivity index (χ3n) is 3.20. The zero-order chi connectivity index (χ0) is 11.4. The van der Waals surface area contributed by atoms with E-state index in [2.05, 4.69) is 10.3 Å². The molecule has 16 heavy (non-hydrogen) atoms. The predicted octanol–water partition coefficient (Wildman–Crippen LogP) is 2.56. The fraction of sp³-hybridized carbons (Fsp3) is 0.727. The molecule has 1 heterocycles. The first kappa shape index (κ1) is 11.5. The Labute approximate surface area is 93.9 Å². The number of hydrogen-bond acceptors (Lipinski definition) is 2. The van der Waals surface area contributed by atoms with E-state index in [1.54, 1.807) is 0 Å². The molecule has 0 saturated heterocycles. The summed E-state index contributed by atoms with van der Waals surface area (Å²) in [6.07, 6.45) is 7.87. The number of halogens is 2. The number of imidazole rings is 1. The molecule has 1 N–H and O–H groups in total. The van der Waals surface area contributed by atoms with Crippen molar-refractivity contribution in [1.29, 1.82) is 0 Å². The van der Waals surface area contributed by atoms with Gasteiger partial charge in [-0.3, -0.25) is 4.57 Å². The van der Waals surface area contributed by atoms with Crippen LogP contribution in [0.3, 0.4) is 0 Å². The third-order valence-corrected chi connectivity index (χ3v) is 3.20. The molecule has 3 nitrogen and oxygen atoms in total. The van der Waals surface area contributed by atoms with E-state index in [9.17, 15) is 8.78 Å². The molecule has 2 rings (SSSR count). The Morgan fingerprint density at radius 3 is 2.94 bits per heavy atom. The second-order valence-electron chi connectivity index (χ2n) is 4.29. The molecular formula is C11H17F2N3. The lowest BCUT2D eigenvalue weighted by atomic mass is 9.83. The molecule has 0 amide bonds. The highest BCUT2D eigenvalue weighted by molar-refractivity contribution is 4.92. The second kappa shape index (κ2) is 5.39. The van der Waals surface area contributed by atoms with E-state index in [4.69, 9.17) is 0 Å². The third kappa shape index (κ3) is 2.78. The molecule has 1 saturated carbocycles. The fourth-order valence-corrected chi connectivity index (χ4v) is 1.95. The van der Waals surface area contributed by atoms with Gasteiger partial charge in [0.05, 0.1) is 6.54 Å². The lowest BCUT2D eigenvalue weighted by Crippen LogP contribution is -2.22. The van der Waals surface area contributed by atoms with Crippen molar-refractivity contribution < 1.29 is 8.78 Å². The molecule has 0 aliphatic heterocycles. The van der Waals surface area contributed by atoms with Crippen molar-refractivity contribution in [3.63, 3.8) is 0 Å². The van der Waals surface area contributed by atoms with Crippen molar-refractivity contribution in [2.45, 2.75) is 38.8 Å². The Morgan fingerprint density at radius 2 is 2.31 bits per heavy atom. The molecule has 90 valence electrons. The summed E-state index contributed by atoms with van der Waals surface area (Å²) < 4.78 is 25.8. The average molecular weight is 229 g/mol. The van der Waals surface area contributed by atoms with Crippen LogP contribution in [0.2, 0.25) is 0 Å². The molecule has 0 unspecified atom stereocenters.